The van der Waals surface area contributed by atoms with Crippen LogP contribution >= 0.6 is 0 Å². The summed E-state index contributed by atoms with van der Waals surface area (Å²) >= 11 is 0. The van der Waals surface area contributed by atoms with Crippen LogP contribution in [0.5, 0.6) is 0 Å². The molecule has 0 unspecified atom stereocenters. The lowest BCUT2D eigenvalue weighted by molar-refractivity contribution is 0.0504. The molecule has 1 rings (SSSR count). The molecule has 1 fully saturated rings. The Bertz CT molecular complexity index is 245. The summed E-state index contributed by atoms with van der Waals surface area (Å²) in [7, 11) is 0. The molecule has 1 amide bonds. The molecule has 0 radical (unpaired) electrons. The average Bonchev–Trinajstić information content (AvgIpc) is 2.42. The van der Waals surface area contributed by atoms with E-state index in [1.165, 1.54) is 6.42 Å². The molecule has 16 heavy (non-hydrogen) atoms. The van der Waals surface area contributed by atoms with E-state index < -0.39 is 5.60 Å². The zero-order valence-corrected chi connectivity index (χ0v) is 11.2. The summed E-state index contributed by atoms with van der Waals surface area (Å²) in [5.41, 5.74) is -0.404. The van der Waals surface area contributed by atoms with Crippen molar-refractivity contribution < 1.29 is 9.53 Å². The molecule has 0 aromatic rings. The van der Waals surface area contributed by atoms with Crippen LogP contribution in [-0.2, 0) is 4.74 Å². The second kappa shape index (κ2) is 5.07. The van der Waals surface area contributed by atoms with Crippen LogP contribution in [0.15, 0.2) is 0 Å². The Morgan fingerprint density at radius 3 is 2.44 bits per heavy atom. The van der Waals surface area contributed by atoms with E-state index >= 15 is 0 Å². The van der Waals surface area contributed by atoms with Gasteiger partial charge in [0.2, 0.25) is 0 Å². The number of nitrogens with one attached hydrogen (secondary N) is 1. The Morgan fingerprint density at radius 1 is 1.38 bits per heavy atom. The quantitative estimate of drug-likeness (QED) is 0.785. The summed E-state index contributed by atoms with van der Waals surface area (Å²) < 4.78 is 5.25. The highest BCUT2D eigenvalue weighted by atomic mass is 16.6. The Morgan fingerprint density at radius 2 is 2.00 bits per heavy atom. The maximum absolute atomic E-state index is 11.6. The van der Waals surface area contributed by atoms with Crippen LogP contribution in [0, 0.1) is 11.8 Å². The summed E-state index contributed by atoms with van der Waals surface area (Å²) in [6.45, 7) is 10.2. The molecule has 1 N–H and O–H groups in total. The van der Waals surface area contributed by atoms with Gasteiger partial charge in [-0.2, -0.15) is 0 Å². The Balaban J connectivity index is 2.36. The van der Waals surface area contributed by atoms with Gasteiger partial charge in [0.25, 0.3) is 0 Å². The highest BCUT2D eigenvalue weighted by Gasteiger charge is 2.31. The summed E-state index contributed by atoms with van der Waals surface area (Å²) in [5, 5.41) is 2.97. The van der Waals surface area contributed by atoms with Gasteiger partial charge in [-0.1, -0.05) is 20.3 Å². The maximum Gasteiger partial charge on any atom is 0.407 e. The molecule has 0 aromatic carbocycles. The predicted octanol–water partition coefficient (Wildman–Crippen LogP) is 3.34. The largest absolute Gasteiger partial charge is 0.444 e. The van der Waals surface area contributed by atoms with Crippen LogP contribution in [0.3, 0.4) is 0 Å². The first-order valence-corrected chi connectivity index (χ1v) is 6.31. The number of rotatable bonds is 2. The highest BCUT2D eigenvalue weighted by molar-refractivity contribution is 5.68. The summed E-state index contributed by atoms with van der Waals surface area (Å²) in [4.78, 5) is 11.6. The van der Waals surface area contributed by atoms with Crippen LogP contribution in [-0.4, -0.2) is 17.7 Å². The van der Waals surface area contributed by atoms with Crippen molar-refractivity contribution in [1.82, 2.24) is 5.32 Å². The Labute approximate surface area is 98.9 Å². The van der Waals surface area contributed by atoms with Crippen molar-refractivity contribution in [3.05, 3.63) is 0 Å². The molecule has 0 saturated heterocycles. The van der Waals surface area contributed by atoms with Gasteiger partial charge in [-0.3, -0.25) is 0 Å². The minimum atomic E-state index is -0.404. The Hall–Kier alpha value is -0.730. The van der Waals surface area contributed by atoms with Gasteiger partial charge in [-0.25, -0.2) is 4.79 Å². The first-order valence-electron chi connectivity index (χ1n) is 6.31. The number of ether oxygens (including phenoxy) is 1. The van der Waals surface area contributed by atoms with E-state index in [0.29, 0.717) is 12.0 Å². The van der Waals surface area contributed by atoms with Crippen LogP contribution in [0.1, 0.15) is 53.9 Å². The van der Waals surface area contributed by atoms with E-state index in [9.17, 15) is 4.79 Å². The van der Waals surface area contributed by atoms with Crippen molar-refractivity contribution in [2.45, 2.75) is 65.5 Å². The number of amides is 1. The van der Waals surface area contributed by atoms with Crippen LogP contribution in [0.25, 0.3) is 0 Å². The van der Waals surface area contributed by atoms with E-state index in [1.807, 2.05) is 20.8 Å². The van der Waals surface area contributed by atoms with Crippen molar-refractivity contribution in [1.29, 1.82) is 0 Å². The highest BCUT2D eigenvalue weighted by Crippen LogP contribution is 2.33. The van der Waals surface area contributed by atoms with E-state index in [4.69, 9.17) is 4.74 Å². The molecule has 0 heterocycles. The molecule has 3 atom stereocenters. The SMILES string of the molecule is CC[C@@H]1C[C@@H](NC(=O)OC(C)(C)C)C[C@H]1C. The number of hydrogen-bond donors (Lipinski definition) is 1. The molecule has 3 heteroatoms. The van der Waals surface area contributed by atoms with Gasteiger partial charge in [0.15, 0.2) is 0 Å². The fraction of sp³-hybridized carbons (Fsp3) is 0.923. The molecule has 0 aromatic heterocycles. The lowest BCUT2D eigenvalue weighted by Gasteiger charge is -2.21. The zero-order valence-electron chi connectivity index (χ0n) is 11.2. The van der Waals surface area contributed by atoms with Gasteiger partial charge in [0, 0.05) is 6.04 Å². The fourth-order valence-electron chi connectivity index (χ4n) is 2.50. The normalized spacial score (nSPS) is 30.2. The van der Waals surface area contributed by atoms with Gasteiger partial charge in [0.1, 0.15) is 5.60 Å². The number of hydrogen-bond acceptors (Lipinski definition) is 2. The first-order chi connectivity index (χ1) is 7.31. The summed E-state index contributed by atoms with van der Waals surface area (Å²) in [5.74, 6) is 1.46. The standard InChI is InChI=1S/C13H25NO2/c1-6-10-8-11(7-9(10)2)14-12(15)16-13(3,4)5/h9-11H,6-8H2,1-5H3,(H,14,15)/t9-,10-,11+/m1/s1. The predicted molar refractivity (Wildman–Crippen MR) is 65.3 cm³/mol. The van der Waals surface area contributed by atoms with E-state index in [0.717, 1.165) is 18.8 Å². The molecule has 0 aliphatic heterocycles. The Kier molecular flexibility index (Phi) is 4.22. The first kappa shape index (κ1) is 13.3. The summed E-state index contributed by atoms with van der Waals surface area (Å²) in [6.07, 6.45) is 3.10. The van der Waals surface area contributed by atoms with Gasteiger partial charge >= 0.3 is 6.09 Å². The number of carbonyl (C=O) groups is 1. The third-order valence-corrected chi connectivity index (χ3v) is 3.29. The number of carbonyl (C=O) groups excluding carboxylic acids is 1. The van der Waals surface area contributed by atoms with Crippen molar-refractivity contribution >= 4 is 6.09 Å². The topological polar surface area (TPSA) is 38.3 Å². The lowest BCUT2D eigenvalue weighted by atomic mass is 9.96. The maximum atomic E-state index is 11.6. The molecule has 0 spiro atoms. The molecular formula is C13H25NO2. The van der Waals surface area contributed by atoms with Crippen molar-refractivity contribution in [2.24, 2.45) is 11.8 Å². The minimum absolute atomic E-state index is 0.276. The van der Waals surface area contributed by atoms with Crippen LogP contribution in [0.4, 0.5) is 4.79 Å². The van der Waals surface area contributed by atoms with Gasteiger partial charge in [-0.05, 0) is 45.4 Å². The van der Waals surface area contributed by atoms with Gasteiger partial charge < -0.3 is 10.1 Å². The van der Waals surface area contributed by atoms with Crippen LogP contribution in [0.2, 0.25) is 0 Å². The summed E-state index contributed by atoms with van der Waals surface area (Å²) in [6, 6.07) is 0.301. The number of alkyl carbamates (subject to hydrolysis) is 1. The average molecular weight is 227 g/mol. The second-order valence-corrected chi connectivity index (χ2v) is 5.96. The van der Waals surface area contributed by atoms with Crippen molar-refractivity contribution in [2.75, 3.05) is 0 Å². The van der Waals surface area contributed by atoms with Crippen molar-refractivity contribution in [3.8, 4) is 0 Å². The van der Waals surface area contributed by atoms with E-state index in [1.54, 1.807) is 0 Å². The molecule has 1 aliphatic carbocycles. The monoisotopic (exact) mass is 227 g/mol. The van der Waals surface area contributed by atoms with E-state index in [-0.39, 0.29) is 6.09 Å². The molecule has 0 bridgehead atoms. The lowest BCUT2D eigenvalue weighted by Crippen LogP contribution is -2.38. The molecule has 1 aliphatic rings. The molecule has 94 valence electrons. The van der Waals surface area contributed by atoms with Crippen LogP contribution < -0.4 is 5.32 Å². The minimum Gasteiger partial charge on any atom is -0.444 e. The third kappa shape index (κ3) is 4.03. The molecule has 3 nitrogen and oxygen atoms in total. The second-order valence-electron chi connectivity index (χ2n) is 5.96. The smallest absolute Gasteiger partial charge is 0.407 e. The van der Waals surface area contributed by atoms with Crippen molar-refractivity contribution in [3.63, 3.8) is 0 Å². The molecule has 1 saturated carbocycles. The zero-order chi connectivity index (χ0) is 12.3. The fourth-order valence-corrected chi connectivity index (χ4v) is 2.50. The van der Waals surface area contributed by atoms with E-state index in [2.05, 4.69) is 19.2 Å². The molecular weight excluding hydrogens is 202 g/mol. The van der Waals surface area contributed by atoms with Gasteiger partial charge in [-0.15, -0.1) is 0 Å². The van der Waals surface area contributed by atoms with Gasteiger partial charge in [0.05, 0.1) is 0 Å². The third-order valence-electron chi connectivity index (χ3n) is 3.29.